The fourth-order valence-electron chi connectivity index (χ4n) is 4.16. The van der Waals surface area contributed by atoms with Gasteiger partial charge in [-0.2, -0.15) is 0 Å². The van der Waals surface area contributed by atoms with E-state index in [4.69, 9.17) is 4.74 Å². The van der Waals surface area contributed by atoms with E-state index in [9.17, 15) is 9.59 Å². The van der Waals surface area contributed by atoms with Gasteiger partial charge in [-0.3, -0.25) is 4.79 Å². The number of pyridine rings is 1. The van der Waals surface area contributed by atoms with Crippen LogP contribution in [0.1, 0.15) is 24.8 Å². The van der Waals surface area contributed by atoms with Gasteiger partial charge in [-0.05, 0) is 54.7 Å². The molecule has 2 aromatic heterocycles. The van der Waals surface area contributed by atoms with Crippen LogP contribution < -0.4 is 10.6 Å². The van der Waals surface area contributed by atoms with Crippen molar-refractivity contribution in [2.75, 3.05) is 30.3 Å². The number of nitrogens with zero attached hydrogens (tertiary/aromatic N) is 3. The second-order valence-corrected chi connectivity index (χ2v) is 8.03. The van der Waals surface area contributed by atoms with Gasteiger partial charge >= 0.3 is 6.03 Å². The van der Waals surface area contributed by atoms with Crippen LogP contribution in [0.25, 0.3) is 11.2 Å². The van der Waals surface area contributed by atoms with Crippen LogP contribution in [0.4, 0.5) is 16.2 Å². The summed E-state index contributed by atoms with van der Waals surface area (Å²) in [5.74, 6) is 0.107. The number of hydrogen-bond acceptors (Lipinski definition) is 4. The highest BCUT2D eigenvalue weighted by molar-refractivity contribution is 5.99. The average Bonchev–Trinajstić information content (AvgIpc) is 3.51. The Hall–Kier alpha value is -3.65. The summed E-state index contributed by atoms with van der Waals surface area (Å²) in [5, 5.41) is 5.69. The molecule has 4 heterocycles. The standard InChI is InChI=1S/C24H25N5O3/c30-23(21-2-1-15-32-21)28-12-9-18(10-13-28)17-3-5-19(6-4-17)26-24(31)27-20-7-8-22-25-11-14-29(22)16-20/h3-9,11,14,16,21H,1-2,10,12-13,15H2,(H2,26,27,31). The molecular formula is C24H25N5O3. The maximum Gasteiger partial charge on any atom is 0.323 e. The van der Waals surface area contributed by atoms with Crippen molar-refractivity contribution in [3.63, 3.8) is 0 Å². The molecule has 1 atom stereocenters. The van der Waals surface area contributed by atoms with Gasteiger partial charge < -0.3 is 24.7 Å². The maximum absolute atomic E-state index is 12.5. The number of hydrogen-bond donors (Lipinski definition) is 2. The summed E-state index contributed by atoms with van der Waals surface area (Å²) in [7, 11) is 0. The van der Waals surface area contributed by atoms with Gasteiger partial charge in [0.1, 0.15) is 11.8 Å². The summed E-state index contributed by atoms with van der Waals surface area (Å²) < 4.78 is 7.37. The lowest BCUT2D eigenvalue weighted by atomic mass is 9.99. The van der Waals surface area contributed by atoms with E-state index in [1.165, 1.54) is 5.57 Å². The van der Waals surface area contributed by atoms with Crippen molar-refractivity contribution >= 4 is 34.5 Å². The van der Waals surface area contributed by atoms with Crippen LogP contribution in [-0.4, -0.2) is 52.0 Å². The highest BCUT2D eigenvalue weighted by atomic mass is 16.5. The lowest BCUT2D eigenvalue weighted by Crippen LogP contribution is -2.41. The van der Waals surface area contributed by atoms with Crippen LogP contribution in [0.15, 0.2) is 61.1 Å². The van der Waals surface area contributed by atoms with E-state index in [2.05, 4.69) is 21.7 Å². The van der Waals surface area contributed by atoms with E-state index >= 15 is 0 Å². The molecule has 1 unspecified atom stereocenters. The van der Waals surface area contributed by atoms with Gasteiger partial charge in [0.25, 0.3) is 5.91 Å². The summed E-state index contributed by atoms with van der Waals surface area (Å²) >= 11 is 0. The van der Waals surface area contributed by atoms with Crippen LogP contribution in [0.2, 0.25) is 0 Å². The van der Waals surface area contributed by atoms with Crippen molar-refractivity contribution in [2.45, 2.75) is 25.4 Å². The number of imidazole rings is 1. The third kappa shape index (κ3) is 4.36. The number of benzene rings is 1. The number of anilines is 2. The van der Waals surface area contributed by atoms with E-state index in [1.807, 2.05) is 58.1 Å². The van der Waals surface area contributed by atoms with Crippen molar-refractivity contribution in [3.8, 4) is 0 Å². The molecule has 164 valence electrons. The van der Waals surface area contributed by atoms with Crippen LogP contribution in [-0.2, 0) is 9.53 Å². The highest BCUT2D eigenvalue weighted by Crippen LogP contribution is 2.25. The third-order valence-electron chi connectivity index (χ3n) is 5.89. The van der Waals surface area contributed by atoms with Gasteiger partial charge in [-0.25, -0.2) is 9.78 Å². The summed E-state index contributed by atoms with van der Waals surface area (Å²) in [6, 6.07) is 11.1. The first-order chi connectivity index (χ1) is 15.7. The number of carbonyl (C=O) groups is 2. The first-order valence-corrected chi connectivity index (χ1v) is 10.9. The van der Waals surface area contributed by atoms with Crippen molar-refractivity contribution < 1.29 is 14.3 Å². The minimum atomic E-state index is -0.308. The molecule has 2 aliphatic heterocycles. The Bertz CT molecular complexity index is 1160. The summed E-state index contributed by atoms with van der Waals surface area (Å²) in [5.41, 5.74) is 4.53. The number of amides is 3. The van der Waals surface area contributed by atoms with Crippen LogP contribution in [0.3, 0.4) is 0 Å². The fraction of sp³-hybridized carbons (Fsp3) is 0.292. The molecular weight excluding hydrogens is 406 g/mol. The molecule has 32 heavy (non-hydrogen) atoms. The van der Waals surface area contributed by atoms with E-state index in [-0.39, 0.29) is 18.0 Å². The number of nitrogens with one attached hydrogen (secondary N) is 2. The van der Waals surface area contributed by atoms with Gasteiger partial charge in [0, 0.05) is 44.0 Å². The molecule has 1 aromatic carbocycles. The van der Waals surface area contributed by atoms with Crippen molar-refractivity contribution in [3.05, 3.63) is 66.6 Å². The molecule has 0 bridgehead atoms. The van der Waals surface area contributed by atoms with Crippen LogP contribution >= 0.6 is 0 Å². The Labute approximate surface area is 185 Å². The minimum Gasteiger partial charge on any atom is -0.368 e. The third-order valence-corrected chi connectivity index (χ3v) is 5.89. The van der Waals surface area contributed by atoms with E-state index in [1.54, 1.807) is 6.20 Å². The number of aromatic nitrogens is 2. The summed E-state index contributed by atoms with van der Waals surface area (Å²) in [4.78, 5) is 30.9. The number of ether oxygens (including phenoxy) is 1. The maximum atomic E-state index is 12.5. The Morgan fingerprint density at radius 3 is 2.62 bits per heavy atom. The van der Waals surface area contributed by atoms with Crippen molar-refractivity contribution in [1.29, 1.82) is 0 Å². The molecule has 0 aliphatic carbocycles. The van der Waals surface area contributed by atoms with E-state index in [0.717, 1.165) is 30.5 Å². The fourth-order valence-corrected chi connectivity index (χ4v) is 4.16. The molecule has 5 rings (SSSR count). The molecule has 2 aliphatic rings. The molecule has 0 saturated carbocycles. The molecule has 8 heteroatoms. The Morgan fingerprint density at radius 1 is 1.06 bits per heavy atom. The van der Waals surface area contributed by atoms with E-state index in [0.29, 0.717) is 31.1 Å². The molecule has 3 amide bonds. The number of fused-ring (bicyclic) bond motifs is 1. The molecule has 0 spiro atoms. The first-order valence-electron chi connectivity index (χ1n) is 10.9. The van der Waals surface area contributed by atoms with Gasteiger partial charge in [-0.15, -0.1) is 0 Å². The Balaban J connectivity index is 1.17. The highest BCUT2D eigenvalue weighted by Gasteiger charge is 2.29. The van der Waals surface area contributed by atoms with Gasteiger partial charge in [-0.1, -0.05) is 18.2 Å². The lowest BCUT2D eigenvalue weighted by Gasteiger charge is -2.28. The predicted octanol–water partition coefficient (Wildman–Crippen LogP) is 3.77. The zero-order valence-corrected chi connectivity index (χ0v) is 17.7. The zero-order chi connectivity index (χ0) is 21.9. The Morgan fingerprint density at radius 2 is 1.88 bits per heavy atom. The number of rotatable bonds is 4. The lowest BCUT2D eigenvalue weighted by molar-refractivity contribution is -0.140. The van der Waals surface area contributed by atoms with Crippen LogP contribution in [0, 0.1) is 0 Å². The van der Waals surface area contributed by atoms with Gasteiger partial charge in [0.05, 0.1) is 5.69 Å². The molecule has 1 fully saturated rings. The quantitative estimate of drug-likeness (QED) is 0.658. The molecule has 1 saturated heterocycles. The van der Waals surface area contributed by atoms with Gasteiger partial charge in [0.15, 0.2) is 0 Å². The molecule has 0 radical (unpaired) electrons. The minimum absolute atomic E-state index is 0.107. The van der Waals surface area contributed by atoms with Crippen LogP contribution in [0.5, 0.6) is 0 Å². The number of urea groups is 1. The molecule has 8 nitrogen and oxygen atoms in total. The second kappa shape index (κ2) is 8.84. The molecule has 3 aromatic rings. The van der Waals surface area contributed by atoms with Crippen molar-refractivity contribution in [2.24, 2.45) is 0 Å². The monoisotopic (exact) mass is 431 g/mol. The van der Waals surface area contributed by atoms with Crippen molar-refractivity contribution in [1.82, 2.24) is 14.3 Å². The Kier molecular flexibility index (Phi) is 5.60. The number of carbonyl (C=O) groups excluding carboxylic acids is 2. The summed E-state index contributed by atoms with van der Waals surface area (Å²) in [6.45, 7) is 2.00. The summed E-state index contributed by atoms with van der Waals surface area (Å²) in [6.07, 6.45) is 9.79. The predicted molar refractivity (Wildman–Crippen MR) is 122 cm³/mol. The smallest absolute Gasteiger partial charge is 0.323 e. The second-order valence-electron chi connectivity index (χ2n) is 8.03. The average molecular weight is 431 g/mol. The zero-order valence-electron chi connectivity index (χ0n) is 17.7. The SMILES string of the molecule is O=C(Nc1ccc(C2=CCN(C(=O)C3CCCO3)CC2)cc1)Nc1ccc2nccn2c1. The van der Waals surface area contributed by atoms with Gasteiger partial charge in [0.2, 0.25) is 0 Å². The normalized spacial score (nSPS) is 18.4. The van der Waals surface area contributed by atoms with E-state index < -0.39 is 0 Å². The topological polar surface area (TPSA) is 88.0 Å². The first kappa shape index (κ1) is 20.3. The molecule has 2 N–H and O–H groups in total. The largest absolute Gasteiger partial charge is 0.368 e.